The quantitative estimate of drug-likeness (QED) is 0.592. The van der Waals surface area contributed by atoms with Crippen molar-refractivity contribution in [1.29, 1.82) is 0 Å². The van der Waals surface area contributed by atoms with E-state index in [4.69, 9.17) is 9.47 Å². The van der Waals surface area contributed by atoms with Gasteiger partial charge in [0.25, 0.3) is 0 Å². The van der Waals surface area contributed by atoms with Crippen LogP contribution in [0.15, 0.2) is 24.3 Å². The summed E-state index contributed by atoms with van der Waals surface area (Å²) >= 11 is 0. The van der Waals surface area contributed by atoms with Gasteiger partial charge in [-0.05, 0) is 17.7 Å². The molecule has 7 heteroatoms. The monoisotopic (exact) mass is 304 g/mol. The summed E-state index contributed by atoms with van der Waals surface area (Å²) in [6, 6.07) is 5.91. The third-order valence-electron chi connectivity index (χ3n) is 4.25. The van der Waals surface area contributed by atoms with Crippen molar-refractivity contribution >= 4 is 17.8 Å². The molecule has 0 aliphatic carbocycles. The number of imide groups is 1. The Balaban J connectivity index is 1.95. The van der Waals surface area contributed by atoms with E-state index in [9.17, 15) is 14.4 Å². The largest absolute Gasteiger partial charge is 0.497 e. The number of carbonyl (C=O) groups is 3. The third kappa shape index (κ3) is 2.14. The Morgan fingerprint density at radius 2 is 1.68 bits per heavy atom. The Morgan fingerprint density at radius 3 is 2.27 bits per heavy atom. The van der Waals surface area contributed by atoms with Gasteiger partial charge in [-0.25, -0.2) is 0 Å². The summed E-state index contributed by atoms with van der Waals surface area (Å²) in [4.78, 5) is 35.9. The molecule has 2 aliphatic heterocycles. The minimum absolute atomic E-state index is 0.366. The van der Waals surface area contributed by atoms with Crippen LogP contribution in [-0.4, -0.2) is 38.0 Å². The molecule has 2 N–H and O–H groups in total. The molecule has 0 spiro atoms. The highest BCUT2D eigenvalue weighted by Gasteiger charge is 2.58. The molecule has 1 aromatic rings. The molecule has 116 valence electrons. The van der Waals surface area contributed by atoms with Gasteiger partial charge in [-0.2, -0.15) is 0 Å². The number of nitrogens with one attached hydrogen (secondary N) is 2. The standard InChI is InChI=1S/C15H16N2O5/c1-21-8-5-3-7(4-6-8)11-9-10(14(19)17-13(9)18)12(16-11)15(20)22-2/h3-6,9-12,16H,1-2H3,(H,17,18,19)/t9-,10+,11?,12?/m1/s1. The summed E-state index contributed by atoms with van der Waals surface area (Å²) in [6.07, 6.45) is 0. The molecule has 0 saturated carbocycles. The van der Waals surface area contributed by atoms with E-state index in [2.05, 4.69) is 10.6 Å². The predicted molar refractivity (Wildman–Crippen MR) is 74.8 cm³/mol. The van der Waals surface area contributed by atoms with Crippen LogP contribution in [0.25, 0.3) is 0 Å². The van der Waals surface area contributed by atoms with E-state index in [1.807, 2.05) is 12.1 Å². The minimum atomic E-state index is -0.825. The Morgan fingerprint density at radius 1 is 1.05 bits per heavy atom. The zero-order chi connectivity index (χ0) is 15.9. The number of hydrogen-bond donors (Lipinski definition) is 2. The summed E-state index contributed by atoms with van der Waals surface area (Å²) in [5.41, 5.74) is 0.812. The molecule has 2 unspecified atom stereocenters. The van der Waals surface area contributed by atoms with Crippen LogP contribution < -0.4 is 15.4 Å². The number of ether oxygens (including phenoxy) is 2. The van der Waals surface area contributed by atoms with Gasteiger partial charge in [-0.3, -0.25) is 25.0 Å². The molecule has 2 aliphatic rings. The highest BCUT2D eigenvalue weighted by atomic mass is 16.5. The molecule has 4 atom stereocenters. The zero-order valence-corrected chi connectivity index (χ0v) is 12.2. The van der Waals surface area contributed by atoms with Gasteiger partial charge in [0.15, 0.2) is 0 Å². The van der Waals surface area contributed by atoms with Gasteiger partial charge in [0, 0.05) is 6.04 Å². The first kappa shape index (κ1) is 14.5. The topological polar surface area (TPSA) is 93.7 Å². The van der Waals surface area contributed by atoms with Gasteiger partial charge in [0.05, 0.1) is 26.1 Å². The van der Waals surface area contributed by atoms with Crippen LogP contribution in [0.2, 0.25) is 0 Å². The SMILES string of the molecule is COC(=O)C1NC(c2ccc(OC)cc2)[C@@H]2C(=O)NC(=O)[C@H]12. The molecule has 2 heterocycles. The third-order valence-corrected chi connectivity index (χ3v) is 4.25. The fourth-order valence-electron chi connectivity index (χ4n) is 3.19. The average Bonchev–Trinajstić information content (AvgIpc) is 3.06. The molecule has 0 bridgehead atoms. The van der Waals surface area contributed by atoms with Crippen molar-refractivity contribution in [2.45, 2.75) is 12.1 Å². The lowest BCUT2D eigenvalue weighted by atomic mass is 9.86. The molecule has 2 saturated heterocycles. The second-order valence-corrected chi connectivity index (χ2v) is 5.32. The zero-order valence-electron chi connectivity index (χ0n) is 12.2. The highest BCUT2D eigenvalue weighted by Crippen LogP contribution is 2.41. The highest BCUT2D eigenvalue weighted by molar-refractivity contribution is 6.08. The number of benzene rings is 1. The number of methoxy groups -OCH3 is 2. The molecule has 0 aromatic heterocycles. The number of rotatable bonds is 3. The van der Waals surface area contributed by atoms with Crippen molar-refractivity contribution in [3.8, 4) is 5.75 Å². The first-order valence-corrected chi connectivity index (χ1v) is 6.89. The van der Waals surface area contributed by atoms with Gasteiger partial charge >= 0.3 is 5.97 Å². The first-order chi connectivity index (χ1) is 10.6. The van der Waals surface area contributed by atoms with Crippen LogP contribution in [0.1, 0.15) is 11.6 Å². The minimum Gasteiger partial charge on any atom is -0.497 e. The average molecular weight is 304 g/mol. The Labute approximate surface area is 127 Å². The fourth-order valence-corrected chi connectivity index (χ4v) is 3.19. The molecular weight excluding hydrogens is 288 g/mol. The molecule has 3 rings (SSSR count). The summed E-state index contributed by atoms with van der Waals surface area (Å²) in [5, 5.41) is 5.36. The number of amides is 2. The van der Waals surface area contributed by atoms with Crippen LogP contribution in [-0.2, 0) is 19.1 Å². The van der Waals surface area contributed by atoms with Crippen molar-refractivity contribution < 1.29 is 23.9 Å². The normalized spacial score (nSPS) is 29.9. The lowest BCUT2D eigenvalue weighted by molar-refractivity contribution is -0.145. The second-order valence-electron chi connectivity index (χ2n) is 5.32. The molecule has 22 heavy (non-hydrogen) atoms. The van der Waals surface area contributed by atoms with Crippen LogP contribution >= 0.6 is 0 Å². The van der Waals surface area contributed by atoms with Crippen LogP contribution in [0.5, 0.6) is 5.75 Å². The summed E-state index contributed by atoms with van der Waals surface area (Å²) < 4.78 is 9.84. The number of carbonyl (C=O) groups excluding carboxylic acids is 3. The summed E-state index contributed by atoms with van der Waals surface area (Å²) in [6.45, 7) is 0. The van der Waals surface area contributed by atoms with Gasteiger partial charge in [-0.1, -0.05) is 12.1 Å². The Bertz CT molecular complexity index is 627. The summed E-state index contributed by atoms with van der Waals surface area (Å²) in [5.74, 6) is -2.02. The van der Waals surface area contributed by atoms with Gasteiger partial charge < -0.3 is 9.47 Å². The molecule has 1 aromatic carbocycles. The van der Waals surface area contributed by atoms with Crippen molar-refractivity contribution in [3.63, 3.8) is 0 Å². The Kier molecular flexibility index (Phi) is 3.58. The maximum atomic E-state index is 12.1. The van der Waals surface area contributed by atoms with Gasteiger partial charge in [0.1, 0.15) is 11.8 Å². The van der Waals surface area contributed by atoms with Crippen LogP contribution in [0.3, 0.4) is 0 Å². The van der Waals surface area contributed by atoms with Gasteiger partial charge in [0.2, 0.25) is 11.8 Å². The molecule has 7 nitrogen and oxygen atoms in total. The van der Waals surface area contributed by atoms with Crippen molar-refractivity contribution in [2.75, 3.05) is 14.2 Å². The molecule has 2 amide bonds. The maximum absolute atomic E-state index is 12.1. The van der Waals surface area contributed by atoms with E-state index < -0.39 is 35.8 Å². The smallest absolute Gasteiger partial charge is 0.323 e. The van der Waals surface area contributed by atoms with Crippen LogP contribution in [0, 0.1) is 11.8 Å². The van der Waals surface area contributed by atoms with E-state index in [1.54, 1.807) is 19.2 Å². The predicted octanol–water partition coefficient (Wildman–Crippen LogP) is -0.230. The lowest BCUT2D eigenvalue weighted by Crippen LogP contribution is -2.42. The number of esters is 1. The van der Waals surface area contributed by atoms with Crippen molar-refractivity contribution in [3.05, 3.63) is 29.8 Å². The van der Waals surface area contributed by atoms with E-state index in [-0.39, 0.29) is 5.91 Å². The molecule has 2 fully saturated rings. The molecule has 0 radical (unpaired) electrons. The van der Waals surface area contributed by atoms with E-state index in [1.165, 1.54) is 7.11 Å². The first-order valence-electron chi connectivity index (χ1n) is 6.89. The number of fused-ring (bicyclic) bond motifs is 1. The van der Waals surface area contributed by atoms with E-state index >= 15 is 0 Å². The summed E-state index contributed by atoms with van der Waals surface area (Å²) in [7, 11) is 2.82. The van der Waals surface area contributed by atoms with E-state index in [0.717, 1.165) is 5.56 Å². The number of hydrogen-bond acceptors (Lipinski definition) is 6. The van der Waals surface area contributed by atoms with Crippen molar-refractivity contribution in [2.24, 2.45) is 11.8 Å². The van der Waals surface area contributed by atoms with Crippen molar-refractivity contribution in [1.82, 2.24) is 10.6 Å². The van der Waals surface area contributed by atoms with Gasteiger partial charge in [-0.15, -0.1) is 0 Å². The maximum Gasteiger partial charge on any atom is 0.323 e. The lowest BCUT2D eigenvalue weighted by Gasteiger charge is -2.17. The van der Waals surface area contributed by atoms with E-state index in [0.29, 0.717) is 5.75 Å². The van der Waals surface area contributed by atoms with Crippen LogP contribution in [0.4, 0.5) is 0 Å². The fraction of sp³-hybridized carbons (Fsp3) is 0.400. The molecular formula is C15H16N2O5. The Hall–Kier alpha value is -2.41. The second kappa shape index (κ2) is 5.42.